The van der Waals surface area contributed by atoms with Crippen LogP contribution in [0.1, 0.15) is 36.1 Å². The molecular weight excluding hydrogens is 412 g/mol. The van der Waals surface area contributed by atoms with Gasteiger partial charge >= 0.3 is 0 Å². The maximum atomic E-state index is 13.3. The molecule has 0 fully saturated rings. The molecule has 0 saturated carbocycles. The van der Waals surface area contributed by atoms with E-state index in [1.54, 1.807) is 11.8 Å². The summed E-state index contributed by atoms with van der Waals surface area (Å²) in [5, 5.41) is 4.31. The lowest BCUT2D eigenvalue weighted by atomic mass is 9.95. The molecule has 32 heavy (non-hydrogen) atoms. The average molecular weight is 441 g/mol. The highest BCUT2D eigenvalue weighted by atomic mass is 32.2. The number of amides is 1. The van der Waals surface area contributed by atoms with Crippen LogP contribution in [0.25, 0.3) is 22.2 Å². The van der Waals surface area contributed by atoms with Crippen molar-refractivity contribution in [2.24, 2.45) is 0 Å². The van der Waals surface area contributed by atoms with E-state index in [1.165, 1.54) is 0 Å². The molecule has 0 aliphatic rings. The van der Waals surface area contributed by atoms with Gasteiger partial charge in [0.15, 0.2) is 0 Å². The molecule has 4 rings (SSSR count). The lowest BCUT2D eigenvalue weighted by molar-refractivity contribution is -0.121. The van der Waals surface area contributed by atoms with Crippen molar-refractivity contribution in [3.63, 3.8) is 0 Å². The van der Waals surface area contributed by atoms with Crippen LogP contribution in [0.15, 0.2) is 84.9 Å². The van der Waals surface area contributed by atoms with Crippen molar-refractivity contribution in [2.45, 2.75) is 31.6 Å². The topological polar surface area (TPSA) is 42.0 Å². The Morgan fingerprint density at radius 1 is 0.906 bits per heavy atom. The average Bonchev–Trinajstić information content (AvgIpc) is 2.85. The summed E-state index contributed by atoms with van der Waals surface area (Å²) in [6.07, 6.45) is 3.28. The van der Waals surface area contributed by atoms with Crippen LogP contribution in [0.2, 0.25) is 0 Å². The summed E-state index contributed by atoms with van der Waals surface area (Å²) in [4.78, 5) is 18.3. The number of nitrogens with zero attached hydrogens (tertiary/aromatic N) is 1. The zero-order valence-electron chi connectivity index (χ0n) is 18.5. The number of thioether (sulfide) groups is 1. The quantitative estimate of drug-likeness (QED) is 0.337. The molecule has 162 valence electrons. The highest BCUT2D eigenvalue weighted by Crippen LogP contribution is 2.33. The molecule has 3 nitrogen and oxygen atoms in total. The Bertz CT molecular complexity index is 1190. The van der Waals surface area contributed by atoms with Gasteiger partial charge in [-0.1, -0.05) is 85.8 Å². The van der Waals surface area contributed by atoms with Gasteiger partial charge in [0, 0.05) is 16.7 Å². The number of fused-ring (bicyclic) bond motifs is 1. The molecule has 0 bridgehead atoms. The third-order valence-electron chi connectivity index (χ3n) is 5.73. The first-order valence-electron chi connectivity index (χ1n) is 11.0. The van der Waals surface area contributed by atoms with Gasteiger partial charge < -0.3 is 5.32 Å². The first kappa shape index (κ1) is 22.1. The van der Waals surface area contributed by atoms with Crippen LogP contribution in [0.3, 0.4) is 0 Å². The van der Waals surface area contributed by atoms with Gasteiger partial charge in [0.25, 0.3) is 0 Å². The number of carbonyl (C=O) groups is 1. The number of benzene rings is 3. The minimum absolute atomic E-state index is 0.00870. The molecule has 1 N–H and O–H groups in total. The highest BCUT2D eigenvalue weighted by molar-refractivity contribution is 7.97. The lowest BCUT2D eigenvalue weighted by Gasteiger charge is -2.20. The Balaban J connectivity index is 1.75. The van der Waals surface area contributed by atoms with E-state index in [-0.39, 0.29) is 11.9 Å². The van der Waals surface area contributed by atoms with Crippen LogP contribution < -0.4 is 5.32 Å². The molecule has 3 aromatic carbocycles. The zero-order valence-corrected chi connectivity index (χ0v) is 19.4. The Morgan fingerprint density at radius 3 is 2.25 bits per heavy atom. The van der Waals surface area contributed by atoms with Crippen molar-refractivity contribution < 1.29 is 4.79 Å². The van der Waals surface area contributed by atoms with Gasteiger partial charge in [0.1, 0.15) is 0 Å². The largest absolute Gasteiger partial charge is 0.349 e. The van der Waals surface area contributed by atoms with E-state index in [4.69, 9.17) is 4.98 Å². The molecular formula is C28H28N2OS. The number of hydrogen-bond acceptors (Lipinski definition) is 3. The molecule has 4 heteroatoms. The van der Waals surface area contributed by atoms with Gasteiger partial charge in [0.05, 0.1) is 23.7 Å². The van der Waals surface area contributed by atoms with Gasteiger partial charge in [-0.15, -0.1) is 0 Å². The Labute approximate surface area is 194 Å². The van der Waals surface area contributed by atoms with E-state index in [0.29, 0.717) is 6.42 Å². The van der Waals surface area contributed by atoms with Crippen molar-refractivity contribution in [3.8, 4) is 11.3 Å². The SMILES string of the molecule is CCC(NC(=O)Cc1c(CSC)c(-c2ccccc2)nc2ccccc12)c1ccccc1. The fourth-order valence-electron chi connectivity index (χ4n) is 4.17. The zero-order chi connectivity index (χ0) is 22.3. The molecule has 0 spiro atoms. The minimum atomic E-state index is 0.00870. The number of para-hydroxylation sites is 1. The van der Waals surface area contributed by atoms with Crippen LogP contribution >= 0.6 is 11.8 Å². The summed E-state index contributed by atoms with van der Waals surface area (Å²) < 4.78 is 0. The first-order chi connectivity index (χ1) is 15.7. The monoisotopic (exact) mass is 440 g/mol. The van der Waals surface area contributed by atoms with E-state index < -0.39 is 0 Å². The second kappa shape index (κ2) is 10.5. The molecule has 0 saturated heterocycles. The van der Waals surface area contributed by atoms with E-state index in [1.807, 2.05) is 54.6 Å². The van der Waals surface area contributed by atoms with Crippen LogP contribution in [0.5, 0.6) is 0 Å². The van der Waals surface area contributed by atoms with Crippen LogP contribution in [0.4, 0.5) is 0 Å². The molecule has 1 amide bonds. The molecule has 1 atom stereocenters. The van der Waals surface area contributed by atoms with Gasteiger partial charge in [-0.25, -0.2) is 4.98 Å². The Morgan fingerprint density at radius 2 is 1.56 bits per heavy atom. The smallest absolute Gasteiger partial charge is 0.224 e. The standard InChI is InChI=1S/C28H28N2OS/c1-3-25(20-12-6-4-7-13-20)29-27(31)18-23-22-16-10-11-17-26(22)30-28(24(23)19-32-2)21-14-8-5-9-15-21/h4-17,25H,3,18-19H2,1-2H3,(H,29,31). The molecule has 4 aromatic rings. The molecule has 0 radical (unpaired) electrons. The van der Waals surface area contributed by atoms with Gasteiger partial charge in [-0.3, -0.25) is 4.79 Å². The van der Waals surface area contributed by atoms with Crippen molar-refractivity contribution in [2.75, 3.05) is 6.26 Å². The van der Waals surface area contributed by atoms with E-state index in [9.17, 15) is 4.79 Å². The number of carbonyl (C=O) groups excluding carboxylic acids is 1. The Hall–Kier alpha value is -3.11. The third kappa shape index (κ3) is 4.86. The predicted molar refractivity (Wildman–Crippen MR) is 136 cm³/mol. The molecule has 0 aliphatic heterocycles. The van der Waals surface area contributed by atoms with Crippen LogP contribution in [-0.4, -0.2) is 17.1 Å². The fourth-order valence-corrected chi connectivity index (χ4v) is 4.77. The predicted octanol–water partition coefficient (Wildman–Crippen LogP) is 6.57. The summed E-state index contributed by atoms with van der Waals surface area (Å²) in [6, 6.07) is 28.6. The van der Waals surface area contributed by atoms with E-state index in [2.05, 4.69) is 48.8 Å². The van der Waals surface area contributed by atoms with Crippen LogP contribution in [-0.2, 0) is 17.0 Å². The second-order valence-corrected chi connectivity index (χ2v) is 8.72. The van der Waals surface area contributed by atoms with Gasteiger partial charge in [-0.2, -0.15) is 11.8 Å². The van der Waals surface area contributed by atoms with E-state index >= 15 is 0 Å². The van der Waals surface area contributed by atoms with Gasteiger partial charge in [-0.05, 0) is 35.4 Å². The number of aromatic nitrogens is 1. The Kier molecular flexibility index (Phi) is 7.23. The summed E-state index contributed by atoms with van der Waals surface area (Å²) in [6.45, 7) is 2.10. The number of nitrogens with one attached hydrogen (secondary N) is 1. The van der Waals surface area contributed by atoms with E-state index in [0.717, 1.165) is 51.0 Å². The number of pyridine rings is 1. The van der Waals surface area contributed by atoms with Gasteiger partial charge in [0.2, 0.25) is 5.91 Å². The fraction of sp³-hybridized carbons (Fsp3) is 0.214. The maximum absolute atomic E-state index is 13.3. The normalized spacial score (nSPS) is 11.9. The van der Waals surface area contributed by atoms with Crippen LogP contribution in [0, 0.1) is 0 Å². The number of hydrogen-bond donors (Lipinski definition) is 1. The van der Waals surface area contributed by atoms with Crippen molar-refractivity contribution in [3.05, 3.63) is 102 Å². The molecule has 0 aliphatic carbocycles. The highest BCUT2D eigenvalue weighted by Gasteiger charge is 2.20. The molecule has 1 unspecified atom stereocenters. The minimum Gasteiger partial charge on any atom is -0.349 e. The summed E-state index contributed by atoms with van der Waals surface area (Å²) >= 11 is 1.76. The summed E-state index contributed by atoms with van der Waals surface area (Å²) in [5.41, 5.74) is 6.33. The van der Waals surface area contributed by atoms with Crippen molar-refractivity contribution >= 4 is 28.6 Å². The molecule has 1 aromatic heterocycles. The van der Waals surface area contributed by atoms with Crippen molar-refractivity contribution in [1.29, 1.82) is 0 Å². The first-order valence-corrected chi connectivity index (χ1v) is 12.4. The lowest BCUT2D eigenvalue weighted by Crippen LogP contribution is -2.30. The maximum Gasteiger partial charge on any atom is 0.224 e. The summed E-state index contributed by atoms with van der Waals surface area (Å²) in [5.74, 6) is 0.846. The molecule has 1 heterocycles. The second-order valence-electron chi connectivity index (χ2n) is 7.85. The third-order valence-corrected chi connectivity index (χ3v) is 6.31. The number of rotatable bonds is 8. The van der Waals surface area contributed by atoms with Crippen molar-refractivity contribution in [1.82, 2.24) is 10.3 Å². The summed E-state index contributed by atoms with van der Waals surface area (Å²) in [7, 11) is 0.